The molecule has 1 aliphatic carbocycles. The van der Waals surface area contributed by atoms with Gasteiger partial charge >= 0.3 is 0 Å². The highest BCUT2D eigenvalue weighted by molar-refractivity contribution is 8.02. The lowest BCUT2D eigenvalue weighted by atomic mass is 9.91. The molecular formula is C26H25NS. The fraction of sp³-hybridized carbons (Fsp3) is 0.231. The summed E-state index contributed by atoms with van der Waals surface area (Å²) in [5, 5.41) is 0. The van der Waals surface area contributed by atoms with Crippen molar-refractivity contribution in [3.05, 3.63) is 107 Å². The van der Waals surface area contributed by atoms with Crippen LogP contribution in [0.4, 0.5) is 5.69 Å². The van der Waals surface area contributed by atoms with E-state index in [-0.39, 0.29) is 6.04 Å². The lowest BCUT2D eigenvalue weighted by Gasteiger charge is -2.44. The molecule has 0 spiro atoms. The monoisotopic (exact) mass is 383 g/mol. The van der Waals surface area contributed by atoms with E-state index < -0.39 is 0 Å². The topological polar surface area (TPSA) is 3.24 Å². The van der Waals surface area contributed by atoms with Gasteiger partial charge in [-0.1, -0.05) is 78.9 Å². The average Bonchev–Trinajstić information content (AvgIpc) is 3.60. The SMILES string of the molecule is CSC1=Cc2ccccc2N([C@H](c2ccccc2)C2CC2)C1c1ccccc1. The number of benzene rings is 3. The Morgan fingerprint density at radius 2 is 1.46 bits per heavy atom. The van der Waals surface area contributed by atoms with E-state index in [4.69, 9.17) is 0 Å². The Morgan fingerprint density at radius 1 is 0.821 bits per heavy atom. The molecule has 1 fully saturated rings. The van der Waals surface area contributed by atoms with Gasteiger partial charge in [-0.3, -0.25) is 0 Å². The predicted octanol–water partition coefficient (Wildman–Crippen LogP) is 7.10. The van der Waals surface area contributed by atoms with E-state index in [1.165, 1.54) is 40.1 Å². The Bertz CT molecular complexity index is 976. The smallest absolute Gasteiger partial charge is 0.0861 e. The Morgan fingerprint density at radius 3 is 2.14 bits per heavy atom. The van der Waals surface area contributed by atoms with Gasteiger partial charge in [-0.05, 0) is 53.8 Å². The highest BCUT2D eigenvalue weighted by Crippen LogP contribution is 2.54. The minimum absolute atomic E-state index is 0.261. The van der Waals surface area contributed by atoms with Crippen LogP contribution in [0.2, 0.25) is 0 Å². The third-order valence-corrected chi connectivity index (χ3v) is 6.73. The number of nitrogens with zero attached hydrogens (tertiary/aromatic N) is 1. The average molecular weight is 384 g/mol. The molecular weight excluding hydrogens is 358 g/mol. The Balaban J connectivity index is 1.72. The summed E-state index contributed by atoms with van der Waals surface area (Å²) in [6.45, 7) is 0. The molecule has 28 heavy (non-hydrogen) atoms. The summed E-state index contributed by atoms with van der Waals surface area (Å²) in [5.74, 6) is 0.725. The zero-order valence-electron chi connectivity index (χ0n) is 16.2. The van der Waals surface area contributed by atoms with Crippen molar-refractivity contribution >= 4 is 23.5 Å². The lowest BCUT2D eigenvalue weighted by Crippen LogP contribution is -2.37. The molecule has 2 atom stereocenters. The molecule has 1 saturated carbocycles. The molecule has 5 rings (SSSR count). The molecule has 3 aromatic rings. The standard InChI is InChI=1S/C26H25NS/c1-28-24-18-22-14-8-9-15-23(22)27(26(24)20-12-6-3-7-13-20)25(21-16-17-21)19-10-4-2-5-11-19/h2-15,18,21,25-26H,16-17H2,1H3/t25-,26?/m1/s1. The fourth-order valence-corrected chi connectivity index (χ4v) is 5.23. The van der Waals surface area contributed by atoms with Crippen molar-refractivity contribution in [1.29, 1.82) is 0 Å². The van der Waals surface area contributed by atoms with Crippen LogP contribution in [0.3, 0.4) is 0 Å². The number of thioether (sulfide) groups is 1. The van der Waals surface area contributed by atoms with Gasteiger partial charge in [0.05, 0.1) is 12.1 Å². The summed E-state index contributed by atoms with van der Waals surface area (Å²) in [7, 11) is 0. The largest absolute Gasteiger partial charge is 0.352 e. The van der Waals surface area contributed by atoms with Crippen molar-refractivity contribution in [3.63, 3.8) is 0 Å². The number of hydrogen-bond donors (Lipinski definition) is 0. The first-order chi connectivity index (χ1) is 13.9. The van der Waals surface area contributed by atoms with Crippen LogP contribution in [-0.4, -0.2) is 6.26 Å². The summed E-state index contributed by atoms with van der Waals surface area (Å²) in [6, 6.07) is 31.7. The zero-order chi connectivity index (χ0) is 18.9. The van der Waals surface area contributed by atoms with E-state index >= 15 is 0 Å². The molecule has 2 aliphatic rings. The van der Waals surface area contributed by atoms with Gasteiger partial charge in [-0.15, -0.1) is 11.8 Å². The molecule has 0 aromatic heterocycles. The molecule has 0 radical (unpaired) electrons. The van der Waals surface area contributed by atoms with Crippen molar-refractivity contribution in [3.8, 4) is 0 Å². The second kappa shape index (κ2) is 7.52. The van der Waals surface area contributed by atoms with E-state index in [1.54, 1.807) is 0 Å². The number of para-hydroxylation sites is 1. The third-order valence-electron chi connectivity index (χ3n) is 5.92. The molecule has 1 nitrogen and oxygen atoms in total. The second-order valence-corrected chi connectivity index (χ2v) is 8.60. The van der Waals surface area contributed by atoms with E-state index in [0.717, 1.165) is 5.92 Å². The van der Waals surface area contributed by atoms with Crippen LogP contribution >= 0.6 is 11.8 Å². The molecule has 0 saturated heterocycles. The van der Waals surface area contributed by atoms with Gasteiger partial charge in [0.15, 0.2) is 0 Å². The van der Waals surface area contributed by atoms with Crippen molar-refractivity contribution in [2.75, 3.05) is 11.2 Å². The minimum Gasteiger partial charge on any atom is -0.352 e. The molecule has 1 heterocycles. The van der Waals surface area contributed by atoms with Crippen LogP contribution in [0.15, 0.2) is 89.8 Å². The summed E-state index contributed by atoms with van der Waals surface area (Å²) in [6.07, 6.45) is 7.24. The Kier molecular flexibility index (Phi) is 4.74. The lowest BCUT2D eigenvalue weighted by molar-refractivity contribution is 0.522. The van der Waals surface area contributed by atoms with Crippen LogP contribution in [0, 0.1) is 5.92 Å². The van der Waals surface area contributed by atoms with Crippen molar-refractivity contribution in [2.45, 2.75) is 24.9 Å². The molecule has 0 amide bonds. The molecule has 2 heteroatoms. The molecule has 1 aliphatic heterocycles. The summed E-state index contributed by atoms with van der Waals surface area (Å²) in [4.78, 5) is 4.13. The predicted molar refractivity (Wildman–Crippen MR) is 122 cm³/mol. The van der Waals surface area contributed by atoms with Gasteiger partial charge in [0.1, 0.15) is 0 Å². The number of anilines is 1. The third kappa shape index (κ3) is 3.16. The Labute approximate surface area is 172 Å². The first kappa shape index (κ1) is 17.6. The van der Waals surface area contributed by atoms with Crippen molar-refractivity contribution in [1.82, 2.24) is 0 Å². The van der Waals surface area contributed by atoms with Crippen LogP contribution in [0.5, 0.6) is 0 Å². The number of rotatable bonds is 5. The maximum Gasteiger partial charge on any atom is 0.0861 e. The van der Waals surface area contributed by atoms with Gasteiger partial charge in [-0.25, -0.2) is 0 Å². The normalized spacial score (nSPS) is 19.7. The van der Waals surface area contributed by atoms with Gasteiger partial charge in [0, 0.05) is 10.6 Å². The summed E-state index contributed by atoms with van der Waals surface area (Å²) < 4.78 is 0. The van der Waals surface area contributed by atoms with Crippen molar-refractivity contribution < 1.29 is 0 Å². The highest BCUT2D eigenvalue weighted by Gasteiger charge is 2.42. The summed E-state index contributed by atoms with van der Waals surface area (Å²) in [5.41, 5.74) is 5.50. The molecule has 0 bridgehead atoms. The quantitative estimate of drug-likeness (QED) is 0.462. The van der Waals surface area contributed by atoms with E-state index in [9.17, 15) is 0 Å². The van der Waals surface area contributed by atoms with Gasteiger partial charge in [0.2, 0.25) is 0 Å². The van der Waals surface area contributed by atoms with E-state index in [1.807, 2.05) is 11.8 Å². The maximum atomic E-state index is 2.71. The fourth-order valence-electron chi connectivity index (χ4n) is 4.52. The first-order valence-corrected chi connectivity index (χ1v) is 11.3. The molecule has 0 N–H and O–H groups in total. The Hall–Kier alpha value is -2.45. The van der Waals surface area contributed by atoms with Crippen LogP contribution in [-0.2, 0) is 0 Å². The number of fused-ring (bicyclic) bond motifs is 1. The molecule has 3 aromatic carbocycles. The zero-order valence-corrected chi connectivity index (χ0v) is 17.0. The van der Waals surface area contributed by atoms with E-state index in [2.05, 4.69) is 102 Å². The molecule has 140 valence electrons. The minimum atomic E-state index is 0.261. The maximum absolute atomic E-state index is 2.71. The van der Waals surface area contributed by atoms with Gasteiger partial charge in [-0.2, -0.15) is 0 Å². The van der Waals surface area contributed by atoms with E-state index in [0.29, 0.717) is 6.04 Å². The summed E-state index contributed by atoms with van der Waals surface area (Å²) >= 11 is 1.88. The van der Waals surface area contributed by atoms with Gasteiger partial charge in [0.25, 0.3) is 0 Å². The highest BCUT2D eigenvalue weighted by atomic mass is 32.2. The molecule has 1 unspecified atom stereocenters. The van der Waals surface area contributed by atoms with Gasteiger partial charge < -0.3 is 4.90 Å². The second-order valence-electron chi connectivity index (χ2n) is 7.72. The number of hydrogen-bond acceptors (Lipinski definition) is 2. The van der Waals surface area contributed by atoms with Crippen molar-refractivity contribution in [2.24, 2.45) is 5.92 Å². The first-order valence-electron chi connectivity index (χ1n) is 10.1. The van der Waals surface area contributed by atoms with Crippen LogP contribution in [0.1, 0.15) is 41.6 Å². The van der Waals surface area contributed by atoms with Crippen LogP contribution in [0.25, 0.3) is 6.08 Å². The van der Waals surface area contributed by atoms with Crippen LogP contribution < -0.4 is 4.90 Å².